The number of aryl methyl sites for hydroxylation is 1. The third-order valence-electron chi connectivity index (χ3n) is 2.66. The van der Waals surface area contributed by atoms with E-state index in [-0.39, 0.29) is 0 Å². The molecule has 0 bridgehead atoms. The molecule has 1 N–H and O–H groups in total. The highest BCUT2D eigenvalue weighted by Gasteiger charge is 2.17. The van der Waals surface area contributed by atoms with Crippen LogP contribution in [0.3, 0.4) is 0 Å². The Morgan fingerprint density at radius 3 is 2.69 bits per heavy atom. The van der Waals surface area contributed by atoms with Crippen LogP contribution < -0.4 is 0 Å². The maximum absolute atomic E-state index is 9.88. The Morgan fingerprint density at radius 2 is 2.06 bits per heavy atom. The molecule has 0 fully saturated rings. The molecule has 0 amide bonds. The minimum atomic E-state index is -0.665. The fourth-order valence-electron chi connectivity index (χ4n) is 2.05. The van der Waals surface area contributed by atoms with Crippen LogP contribution in [0.2, 0.25) is 0 Å². The highest BCUT2D eigenvalue weighted by molar-refractivity contribution is 9.10. The van der Waals surface area contributed by atoms with Gasteiger partial charge in [0.15, 0.2) is 0 Å². The van der Waals surface area contributed by atoms with Gasteiger partial charge in [-0.3, -0.25) is 0 Å². The Kier molecular flexibility index (Phi) is 2.84. The lowest BCUT2D eigenvalue weighted by molar-refractivity contribution is 0.0813. The van der Waals surface area contributed by atoms with Crippen molar-refractivity contribution in [3.05, 3.63) is 34.4 Å². The van der Waals surface area contributed by atoms with Crippen LogP contribution in [0.15, 0.2) is 28.9 Å². The van der Waals surface area contributed by atoms with Crippen LogP contribution in [0.1, 0.15) is 19.4 Å². The molecule has 2 aromatic rings. The fraction of sp³-hybridized carbons (Fsp3) is 0.385. The predicted molar refractivity (Wildman–Crippen MR) is 70.6 cm³/mol. The topological polar surface area (TPSA) is 25.2 Å². The molecule has 1 aromatic heterocycles. The van der Waals surface area contributed by atoms with Crippen molar-refractivity contribution in [3.8, 4) is 0 Å². The SMILES string of the molecule is Cn1cc(CC(C)(C)O)c2ccc(Br)cc21. The van der Waals surface area contributed by atoms with Crippen LogP contribution >= 0.6 is 15.9 Å². The Hall–Kier alpha value is -0.800. The van der Waals surface area contributed by atoms with Gasteiger partial charge >= 0.3 is 0 Å². The normalized spacial score (nSPS) is 12.3. The first-order chi connectivity index (χ1) is 7.37. The zero-order valence-electron chi connectivity index (χ0n) is 9.79. The minimum absolute atomic E-state index is 0.665. The van der Waals surface area contributed by atoms with Crippen molar-refractivity contribution in [2.75, 3.05) is 0 Å². The first-order valence-electron chi connectivity index (χ1n) is 5.33. The summed E-state index contributed by atoms with van der Waals surface area (Å²) < 4.78 is 3.18. The van der Waals surface area contributed by atoms with Gasteiger partial charge in [0.1, 0.15) is 0 Å². The van der Waals surface area contributed by atoms with Crippen molar-refractivity contribution < 1.29 is 5.11 Å². The van der Waals surface area contributed by atoms with Crippen molar-refractivity contribution in [2.45, 2.75) is 25.9 Å². The second-order valence-electron chi connectivity index (χ2n) is 4.92. The van der Waals surface area contributed by atoms with Gasteiger partial charge in [0.05, 0.1) is 5.60 Å². The van der Waals surface area contributed by atoms with Gasteiger partial charge in [-0.05, 0) is 31.5 Å². The molecule has 0 aliphatic rings. The standard InChI is InChI=1S/C13H16BrNO/c1-13(2,16)7-9-8-15(3)12-6-10(14)4-5-11(9)12/h4-6,8,16H,7H2,1-3H3. The van der Waals surface area contributed by atoms with Gasteiger partial charge in [0.2, 0.25) is 0 Å². The van der Waals surface area contributed by atoms with E-state index in [9.17, 15) is 5.11 Å². The molecule has 0 radical (unpaired) electrons. The van der Waals surface area contributed by atoms with E-state index in [1.165, 1.54) is 16.5 Å². The zero-order valence-corrected chi connectivity index (χ0v) is 11.4. The summed E-state index contributed by atoms with van der Waals surface area (Å²) in [6.07, 6.45) is 2.76. The van der Waals surface area contributed by atoms with E-state index in [0.29, 0.717) is 6.42 Å². The second-order valence-corrected chi connectivity index (χ2v) is 5.83. The van der Waals surface area contributed by atoms with E-state index in [2.05, 4.69) is 38.8 Å². The Balaban J connectivity index is 2.55. The molecule has 0 saturated carbocycles. The summed E-state index contributed by atoms with van der Waals surface area (Å²) in [5.41, 5.74) is 1.72. The largest absolute Gasteiger partial charge is 0.390 e. The third kappa shape index (κ3) is 2.30. The van der Waals surface area contributed by atoms with Crippen LogP contribution in [0.4, 0.5) is 0 Å². The van der Waals surface area contributed by atoms with E-state index in [4.69, 9.17) is 0 Å². The van der Waals surface area contributed by atoms with Gasteiger partial charge in [-0.2, -0.15) is 0 Å². The number of aliphatic hydroxyl groups is 1. The molecule has 0 spiro atoms. The summed E-state index contributed by atoms with van der Waals surface area (Å²) in [6, 6.07) is 6.24. The molecular weight excluding hydrogens is 266 g/mol. The lowest BCUT2D eigenvalue weighted by Gasteiger charge is -2.16. The molecule has 0 aliphatic carbocycles. The number of benzene rings is 1. The van der Waals surface area contributed by atoms with Gasteiger partial charge in [0, 0.05) is 35.0 Å². The summed E-state index contributed by atoms with van der Waals surface area (Å²) >= 11 is 3.47. The second kappa shape index (κ2) is 3.90. The zero-order chi connectivity index (χ0) is 11.9. The quantitative estimate of drug-likeness (QED) is 0.898. The molecule has 3 heteroatoms. The van der Waals surface area contributed by atoms with E-state index in [1.807, 2.05) is 27.0 Å². The number of aromatic nitrogens is 1. The molecule has 86 valence electrons. The third-order valence-corrected chi connectivity index (χ3v) is 3.15. The van der Waals surface area contributed by atoms with Crippen molar-refractivity contribution >= 4 is 26.8 Å². The maximum atomic E-state index is 9.88. The van der Waals surface area contributed by atoms with Crippen LogP contribution in [-0.2, 0) is 13.5 Å². The maximum Gasteiger partial charge on any atom is 0.0632 e. The van der Waals surface area contributed by atoms with Crippen molar-refractivity contribution in [3.63, 3.8) is 0 Å². The van der Waals surface area contributed by atoms with Gasteiger partial charge in [-0.1, -0.05) is 22.0 Å². The van der Waals surface area contributed by atoms with Crippen LogP contribution in [-0.4, -0.2) is 15.3 Å². The Morgan fingerprint density at radius 1 is 1.38 bits per heavy atom. The average molecular weight is 282 g/mol. The molecule has 0 unspecified atom stereocenters. The van der Waals surface area contributed by atoms with Crippen LogP contribution in [0.25, 0.3) is 10.9 Å². The van der Waals surface area contributed by atoms with Crippen molar-refractivity contribution in [1.29, 1.82) is 0 Å². The molecule has 0 atom stereocenters. The van der Waals surface area contributed by atoms with E-state index < -0.39 is 5.60 Å². The van der Waals surface area contributed by atoms with Crippen molar-refractivity contribution in [2.24, 2.45) is 7.05 Å². The van der Waals surface area contributed by atoms with Crippen LogP contribution in [0.5, 0.6) is 0 Å². The molecule has 16 heavy (non-hydrogen) atoms. The van der Waals surface area contributed by atoms with Crippen LogP contribution in [0, 0.1) is 0 Å². The summed E-state index contributed by atoms with van der Waals surface area (Å²) in [6.45, 7) is 3.68. The molecule has 0 aliphatic heterocycles. The number of halogens is 1. The number of hydrogen-bond donors (Lipinski definition) is 1. The first-order valence-corrected chi connectivity index (χ1v) is 6.12. The average Bonchev–Trinajstić information content (AvgIpc) is 2.40. The van der Waals surface area contributed by atoms with E-state index in [1.54, 1.807) is 0 Å². The molecule has 0 saturated heterocycles. The number of hydrogen-bond acceptors (Lipinski definition) is 1. The molecule has 2 rings (SSSR count). The summed E-state index contributed by atoms with van der Waals surface area (Å²) in [7, 11) is 2.03. The molecule has 2 nitrogen and oxygen atoms in total. The number of rotatable bonds is 2. The number of fused-ring (bicyclic) bond motifs is 1. The monoisotopic (exact) mass is 281 g/mol. The Bertz CT molecular complexity index is 522. The van der Waals surface area contributed by atoms with E-state index in [0.717, 1.165) is 4.47 Å². The predicted octanol–water partition coefficient (Wildman–Crippen LogP) is 3.25. The summed E-state index contributed by atoms with van der Waals surface area (Å²) in [5.74, 6) is 0. The highest BCUT2D eigenvalue weighted by Crippen LogP contribution is 2.26. The van der Waals surface area contributed by atoms with Gasteiger partial charge < -0.3 is 9.67 Å². The smallest absolute Gasteiger partial charge is 0.0632 e. The summed E-state index contributed by atoms with van der Waals surface area (Å²) in [5, 5.41) is 11.1. The lowest BCUT2D eigenvalue weighted by atomic mass is 9.98. The first kappa shape index (κ1) is 11.7. The lowest BCUT2D eigenvalue weighted by Crippen LogP contribution is -2.21. The molecular formula is C13H16BrNO. The van der Waals surface area contributed by atoms with Gasteiger partial charge in [0.25, 0.3) is 0 Å². The Labute approximate surface area is 104 Å². The van der Waals surface area contributed by atoms with Gasteiger partial charge in [-0.15, -0.1) is 0 Å². The van der Waals surface area contributed by atoms with Gasteiger partial charge in [-0.25, -0.2) is 0 Å². The number of nitrogens with zero attached hydrogens (tertiary/aromatic N) is 1. The molecule has 1 aromatic carbocycles. The highest BCUT2D eigenvalue weighted by atomic mass is 79.9. The summed E-state index contributed by atoms with van der Waals surface area (Å²) in [4.78, 5) is 0. The minimum Gasteiger partial charge on any atom is -0.390 e. The van der Waals surface area contributed by atoms with Crippen molar-refractivity contribution in [1.82, 2.24) is 4.57 Å². The fourth-order valence-corrected chi connectivity index (χ4v) is 2.40. The van der Waals surface area contributed by atoms with E-state index >= 15 is 0 Å². The molecule has 1 heterocycles.